The first-order chi connectivity index (χ1) is 18.9. The molecule has 3 aromatic carbocycles. The highest BCUT2D eigenvalue weighted by Gasteiger charge is 2.46. The van der Waals surface area contributed by atoms with E-state index in [1.54, 1.807) is 42.7 Å². The van der Waals surface area contributed by atoms with Crippen LogP contribution in [0, 0.1) is 6.92 Å². The number of hydrogen-bond acceptors (Lipinski definition) is 5. The molecule has 0 bridgehead atoms. The lowest BCUT2D eigenvalue weighted by molar-refractivity contribution is -0.140. The van der Waals surface area contributed by atoms with Crippen LogP contribution in [-0.2, 0) is 29.2 Å². The summed E-state index contributed by atoms with van der Waals surface area (Å²) in [6.07, 6.45) is 4.20. The van der Waals surface area contributed by atoms with Gasteiger partial charge in [-0.2, -0.15) is 0 Å². The van der Waals surface area contributed by atoms with E-state index >= 15 is 0 Å². The molecule has 1 atom stereocenters. The number of likely N-dealkylation sites (tertiary alicyclic amines) is 1. The van der Waals surface area contributed by atoms with Crippen molar-refractivity contribution in [2.75, 3.05) is 0 Å². The Bertz CT molecular complexity index is 1510. The number of ketones is 1. The van der Waals surface area contributed by atoms with Gasteiger partial charge in [-0.05, 0) is 65.9 Å². The van der Waals surface area contributed by atoms with E-state index in [2.05, 4.69) is 18.0 Å². The SMILES string of the molecule is CCc1ccc([C@H]2C(=C(O)c3ccc(OCc4cccc(C)c4)cc3)C(=O)C(=O)N2Cc2cccnc2)cc1. The van der Waals surface area contributed by atoms with Crippen molar-refractivity contribution >= 4 is 17.4 Å². The van der Waals surface area contributed by atoms with Crippen LogP contribution in [0.2, 0.25) is 0 Å². The Kier molecular flexibility index (Phi) is 7.55. The van der Waals surface area contributed by atoms with E-state index in [1.165, 1.54) is 4.90 Å². The molecule has 6 heteroatoms. The van der Waals surface area contributed by atoms with Crippen molar-refractivity contribution in [1.82, 2.24) is 9.88 Å². The zero-order valence-electron chi connectivity index (χ0n) is 22.0. The minimum atomic E-state index is -0.728. The van der Waals surface area contributed by atoms with Gasteiger partial charge in [-0.1, -0.05) is 67.1 Å². The monoisotopic (exact) mass is 518 g/mol. The number of amides is 1. The third kappa shape index (κ3) is 5.60. The molecule has 1 aliphatic rings. The minimum absolute atomic E-state index is 0.0709. The predicted octanol–water partition coefficient (Wildman–Crippen LogP) is 6.15. The van der Waals surface area contributed by atoms with Crippen LogP contribution in [0.1, 0.15) is 46.3 Å². The van der Waals surface area contributed by atoms with E-state index < -0.39 is 17.7 Å². The van der Waals surface area contributed by atoms with Crippen LogP contribution in [0.4, 0.5) is 0 Å². The maximum absolute atomic E-state index is 13.3. The number of carbonyl (C=O) groups excluding carboxylic acids is 2. The van der Waals surface area contributed by atoms with Crippen LogP contribution in [0.15, 0.2) is 103 Å². The Morgan fingerprint density at radius 1 is 0.923 bits per heavy atom. The maximum atomic E-state index is 13.3. The zero-order valence-corrected chi connectivity index (χ0v) is 22.0. The number of hydrogen-bond donors (Lipinski definition) is 1. The maximum Gasteiger partial charge on any atom is 0.295 e. The van der Waals surface area contributed by atoms with E-state index in [4.69, 9.17) is 4.74 Å². The van der Waals surface area contributed by atoms with Crippen molar-refractivity contribution in [2.24, 2.45) is 0 Å². The first kappa shape index (κ1) is 25.9. The summed E-state index contributed by atoms with van der Waals surface area (Å²) in [6.45, 7) is 4.71. The standard InChI is InChI=1S/C33H30N2O4/c1-3-23-9-11-26(12-10-23)30-29(32(37)33(38)35(30)20-25-8-5-17-34-19-25)31(36)27-13-15-28(16-14-27)39-21-24-7-4-6-22(2)18-24/h4-19,30,36H,3,20-21H2,1-2H3/t30-/m0/s1. The van der Waals surface area contributed by atoms with Gasteiger partial charge in [0.05, 0.1) is 11.6 Å². The largest absolute Gasteiger partial charge is 0.507 e. The molecule has 6 nitrogen and oxygen atoms in total. The fraction of sp³-hybridized carbons (Fsp3) is 0.182. The number of pyridine rings is 1. The first-order valence-electron chi connectivity index (χ1n) is 13.0. The number of Topliss-reactive ketones (excluding diaryl/α,β-unsaturated/α-hetero) is 1. The highest BCUT2D eigenvalue weighted by molar-refractivity contribution is 6.46. The van der Waals surface area contributed by atoms with Gasteiger partial charge in [-0.3, -0.25) is 14.6 Å². The van der Waals surface area contributed by atoms with Crippen molar-refractivity contribution in [3.63, 3.8) is 0 Å². The molecule has 0 spiro atoms. The zero-order chi connectivity index (χ0) is 27.4. The van der Waals surface area contributed by atoms with Gasteiger partial charge < -0.3 is 14.7 Å². The molecule has 39 heavy (non-hydrogen) atoms. The molecule has 1 N–H and O–H groups in total. The summed E-state index contributed by atoms with van der Waals surface area (Å²) >= 11 is 0. The summed E-state index contributed by atoms with van der Waals surface area (Å²) in [7, 11) is 0. The Morgan fingerprint density at radius 3 is 2.33 bits per heavy atom. The number of aliphatic hydroxyl groups is 1. The van der Waals surface area contributed by atoms with Crippen LogP contribution in [0.25, 0.3) is 5.76 Å². The number of nitrogens with zero attached hydrogens (tertiary/aromatic N) is 2. The molecule has 0 aliphatic carbocycles. The molecule has 1 aromatic heterocycles. The van der Waals surface area contributed by atoms with E-state index in [1.807, 2.05) is 55.5 Å². The highest BCUT2D eigenvalue weighted by Crippen LogP contribution is 2.40. The molecule has 1 amide bonds. The number of carbonyl (C=O) groups is 2. The summed E-state index contributed by atoms with van der Waals surface area (Å²) in [5.41, 5.74) is 5.43. The Labute approximate surface area is 228 Å². The summed E-state index contributed by atoms with van der Waals surface area (Å²) in [5.74, 6) is -0.933. The Morgan fingerprint density at radius 2 is 1.67 bits per heavy atom. The molecule has 5 rings (SSSR count). The van der Waals surface area contributed by atoms with E-state index in [-0.39, 0.29) is 17.9 Å². The van der Waals surface area contributed by atoms with Crippen LogP contribution in [-0.4, -0.2) is 26.7 Å². The van der Waals surface area contributed by atoms with Crippen LogP contribution >= 0.6 is 0 Å². The number of aliphatic hydroxyl groups excluding tert-OH is 1. The average molecular weight is 519 g/mol. The van der Waals surface area contributed by atoms with E-state index in [9.17, 15) is 14.7 Å². The number of aromatic nitrogens is 1. The lowest BCUT2D eigenvalue weighted by Crippen LogP contribution is -2.29. The van der Waals surface area contributed by atoms with Crippen LogP contribution in [0.3, 0.4) is 0 Å². The van der Waals surface area contributed by atoms with E-state index in [0.29, 0.717) is 17.9 Å². The average Bonchev–Trinajstić information content (AvgIpc) is 3.21. The fourth-order valence-corrected chi connectivity index (χ4v) is 4.85. The first-order valence-corrected chi connectivity index (χ1v) is 13.0. The smallest absolute Gasteiger partial charge is 0.295 e. The topological polar surface area (TPSA) is 79.7 Å². The predicted molar refractivity (Wildman–Crippen MR) is 150 cm³/mol. The molecule has 4 aromatic rings. The Balaban J connectivity index is 1.47. The lowest BCUT2D eigenvalue weighted by atomic mass is 9.94. The molecule has 2 heterocycles. The van der Waals surface area contributed by atoms with Crippen molar-refractivity contribution in [3.8, 4) is 5.75 Å². The van der Waals surface area contributed by atoms with Crippen LogP contribution in [0.5, 0.6) is 5.75 Å². The van der Waals surface area contributed by atoms with Gasteiger partial charge in [0.1, 0.15) is 18.1 Å². The number of rotatable bonds is 8. The van der Waals surface area contributed by atoms with Crippen molar-refractivity contribution in [1.29, 1.82) is 0 Å². The molecule has 1 aliphatic heterocycles. The second-order valence-corrected chi connectivity index (χ2v) is 9.69. The molecule has 1 saturated heterocycles. The van der Waals surface area contributed by atoms with Crippen molar-refractivity contribution in [2.45, 2.75) is 39.5 Å². The van der Waals surface area contributed by atoms with Gasteiger partial charge in [0.15, 0.2) is 0 Å². The normalized spacial score (nSPS) is 16.5. The van der Waals surface area contributed by atoms with Gasteiger partial charge in [0.25, 0.3) is 11.7 Å². The van der Waals surface area contributed by atoms with Gasteiger partial charge in [-0.15, -0.1) is 0 Å². The summed E-state index contributed by atoms with van der Waals surface area (Å²) in [6, 6.07) is 25.7. The highest BCUT2D eigenvalue weighted by atomic mass is 16.5. The molecule has 196 valence electrons. The minimum Gasteiger partial charge on any atom is -0.507 e. The third-order valence-electron chi connectivity index (χ3n) is 6.94. The lowest BCUT2D eigenvalue weighted by Gasteiger charge is -2.25. The van der Waals surface area contributed by atoms with Crippen LogP contribution < -0.4 is 4.74 Å². The van der Waals surface area contributed by atoms with Gasteiger partial charge >= 0.3 is 0 Å². The molecular weight excluding hydrogens is 488 g/mol. The molecule has 0 saturated carbocycles. The Hall–Kier alpha value is -4.71. The molecule has 0 radical (unpaired) electrons. The van der Waals surface area contributed by atoms with Crippen molar-refractivity contribution < 1.29 is 19.4 Å². The third-order valence-corrected chi connectivity index (χ3v) is 6.94. The quantitative estimate of drug-likeness (QED) is 0.172. The summed E-state index contributed by atoms with van der Waals surface area (Å²) in [5, 5.41) is 11.4. The summed E-state index contributed by atoms with van der Waals surface area (Å²) in [4.78, 5) is 32.2. The number of aryl methyl sites for hydroxylation is 2. The van der Waals surface area contributed by atoms with Gasteiger partial charge in [-0.25, -0.2) is 0 Å². The molecular formula is C33H30N2O4. The van der Waals surface area contributed by atoms with Gasteiger partial charge in [0, 0.05) is 24.5 Å². The van der Waals surface area contributed by atoms with E-state index in [0.717, 1.165) is 34.2 Å². The van der Waals surface area contributed by atoms with Gasteiger partial charge in [0.2, 0.25) is 0 Å². The second kappa shape index (κ2) is 11.4. The second-order valence-electron chi connectivity index (χ2n) is 9.69. The van der Waals surface area contributed by atoms with Crippen molar-refractivity contribution in [3.05, 3.63) is 136 Å². The molecule has 1 fully saturated rings. The number of ether oxygens (including phenoxy) is 1. The summed E-state index contributed by atoms with van der Waals surface area (Å²) < 4.78 is 5.91. The number of benzene rings is 3. The fourth-order valence-electron chi connectivity index (χ4n) is 4.85. The molecule has 0 unspecified atom stereocenters.